The maximum Gasteiger partial charge on any atom is 0.244 e. The quantitative estimate of drug-likeness (QED) is 0.842. The van der Waals surface area contributed by atoms with Crippen LogP contribution in [0.1, 0.15) is 11.5 Å². The number of nitrogens with one attached hydrogen (secondary N) is 1. The molecule has 4 heterocycles. The lowest BCUT2D eigenvalue weighted by Crippen LogP contribution is -2.45. The molecule has 112 valence electrons. The smallest absolute Gasteiger partial charge is 0.244 e. The number of fused-ring (bicyclic) bond motifs is 1. The van der Waals surface area contributed by atoms with E-state index in [-0.39, 0.29) is 11.9 Å². The van der Waals surface area contributed by atoms with Crippen molar-refractivity contribution >= 4 is 5.91 Å². The van der Waals surface area contributed by atoms with E-state index in [1.54, 1.807) is 12.4 Å². The molecular weight excluding hydrogens is 280 g/mol. The second kappa shape index (κ2) is 5.38. The van der Waals surface area contributed by atoms with Crippen LogP contribution in [0.2, 0.25) is 0 Å². The topological polar surface area (TPSA) is 71.3 Å². The average molecular weight is 296 g/mol. The Hall–Kier alpha value is -2.47. The molecule has 4 rings (SSSR count). The van der Waals surface area contributed by atoms with Gasteiger partial charge < -0.3 is 9.32 Å². The Labute approximate surface area is 127 Å². The summed E-state index contributed by atoms with van der Waals surface area (Å²) in [4.78, 5) is 22.9. The lowest BCUT2D eigenvalue weighted by Gasteiger charge is -2.27. The molecule has 0 radical (unpaired) electrons. The fourth-order valence-corrected chi connectivity index (χ4v) is 2.83. The molecule has 2 aromatic heterocycles. The van der Waals surface area contributed by atoms with Crippen molar-refractivity contribution in [2.24, 2.45) is 0 Å². The number of hydrogen-bond acceptors (Lipinski definition) is 5. The van der Waals surface area contributed by atoms with Crippen molar-refractivity contribution in [1.29, 1.82) is 0 Å². The second-order valence-electron chi connectivity index (χ2n) is 5.45. The number of aromatic nitrogens is 2. The molecule has 0 saturated heterocycles. The van der Waals surface area contributed by atoms with Gasteiger partial charge in [0.25, 0.3) is 0 Å². The number of oxazole rings is 1. The van der Waals surface area contributed by atoms with Gasteiger partial charge in [-0.25, -0.2) is 4.98 Å². The van der Waals surface area contributed by atoms with E-state index >= 15 is 0 Å². The summed E-state index contributed by atoms with van der Waals surface area (Å²) in [6, 6.07) is 3.57. The summed E-state index contributed by atoms with van der Waals surface area (Å²) < 4.78 is 5.83. The van der Waals surface area contributed by atoms with Gasteiger partial charge in [-0.05, 0) is 12.1 Å². The van der Waals surface area contributed by atoms with E-state index in [1.807, 2.05) is 29.2 Å². The van der Waals surface area contributed by atoms with Crippen molar-refractivity contribution in [1.82, 2.24) is 20.2 Å². The zero-order valence-corrected chi connectivity index (χ0v) is 12.0. The third-order valence-corrected chi connectivity index (χ3v) is 4.00. The molecule has 0 aliphatic carbocycles. The standard InChI is InChI=1S/C16H16N4O2/c21-16(12-4-2-7-18-12)20-8-5-14-13(10-20)19-15(22-14)11-3-1-6-17-9-11/h1-4,6,9,12,18H,5,7-8,10H2. The van der Waals surface area contributed by atoms with Gasteiger partial charge in [-0.15, -0.1) is 0 Å². The molecule has 2 aromatic rings. The number of rotatable bonds is 2. The summed E-state index contributed by atoms with van der Waals surface area (Å²) in [5.41, 5.74) is 1.70. The number of hydrogen-bond donors (Lipinski definition) is 1. The predicted molar refractivity (Wildman–Crippen MR) is 79.8 cm³/mol. The zero-order valence-electron chi connectivity index (χ0n) is 12.0. The van der Waals surface area contributed by atoms with E-state index < -0.39 is 0 Å². The monoisotopic (exact) mass is 296 g/mol. The summed E-state index contributed by atoms with van der Waals surface area (Å²) in [6.45, 7) is 1.92. The normalized spacial score (nSPS) is 20.2. The lowest BCUT2D eigenvalue weighted by molar-refractivity contribution is -0.133. The Morgan fingerprint density at radius 2 is 2.41 bits per heavy atom. The van der Waals surface area contributed by atoms with E-state index in [2.05, 4.69) is 15.3 Å². The van der Waals surface area contributed by atoms with E-state index in [0.717, 1.165) is 23.6 Å². The summed E-state index contributed by atoms with van der Waals surface area (Å²) >= 11 is 0. The number of carbonyl (C=O) groups is 1. The largest absolute Gasteiger partial charge is 0.441 e. The highest BCUT2D eigenvalue weighted by molar-refractivity contribution is 5.84. The third-order valence-electron chi connectivity index (χ3n) is 4.00. The van der Waals surface area contributed by atoms with Crippen LogP contribution in [-0.4, -0.2) is 39.9 Å². The van der Waals surface area contributed by atoms with Crippen molar-refractivity contribution in [3.8, 4) is 11.5 Å². The van der Waals surface area contributed by atoms with Crippen molar-refractivity contribution in [3.05, 3.63) is 48.1 Å². The third kappa shape index (κ3) is 2.31. The maximum absolute atomic E-state index is 12.4. The van der Waals surface area contributed by atoms with Gasteiger partial charge in [-0.2, -0.15) is 0 Å². The molecule has 6 nitrogen and oxygen atoms in total. The minimum Gasteiger partial charge on any atom is -0.441 e. The molecule has 1 N–H and O–H groups in total. The summed E-state index contributed by atoms with van der Waals surface area (Å²) in [5, 5.41) is 3.15. The first-order valence-corrected chi connectivity index (χ1v) is 7.39. The van der Waals surface area contributed by atoms with Gasteiger partial charge in [0, 0.05) is 31.9 Å². The van der Waals surface area contributed by atoms with E-state index in [4.69, 9.17) is 4.42 Å². The summed E-state index contributed by atoms with van der Waals surface area (Å²) in [5.74, 6) is 1.55. The Morgan fingerprint density at radius 1 is 1.45 bits per heavy atom. The Bertz CT molecular complexity index is 723. The Morgan fingerprint density at radius 3 is 3.18 bits per heavy atom. The highest BCUT2D eigenvalue weighted by atomic mass is 16.4. The molecule has 1 atom stereocenters. The van der Waals surface area contributed by atoms with Crippen molar-refractivity contribution in [3.63, 3.8) is 0 Å². The summed E-state index contributed by atoms with van der Waals surface area (Å²) in [6.07, 6.45) is 8.04. The van der Waals surface area contributed by atoms with Crippen LogP contribution >= 0.6 is 0 Å². The van der Waals surface area contributed by atoms with E-state index in [0.29, 0.717) is 25.4 Å². The van der Waals surface area contributed by atoms with Crippen LogP contribution < -0.4 is 5.32 Å². The van der Waals surface area contributed by atoms with Gasteiger partial charge in [0.15, 0.2) is 0 Å². The molecule has 1 amide bonds. The number of amides is 1. The molecule has 0 aromatic carbocycles. The van der Waals surface area contributed by atoms with Gasteiger partial charge >= 0.3 is 0 Å². The van der Waals surface area contributed by atoms with Gasteiger partial charge in [-0.1, -0.05) is 12.2 Å². The van der Waals surface area contributed by atoms with Crippen molar-refractivity contribution in [2.75, 3.05) is 13.1 Å². The van der Waals surface area contributed by atoms with E-state index in [1.165, 1.54) is 0 Å². The fraction of sp³-hybridized carbons (Fsp3) is 0.312. The first-order chi connectivity index (χ1) is 10.8. The zero-order chi connectivity index (χ0) is 14.9. The van der Waals surface area contributed by atoms with E-state index in [9.17, 15) is 4.79 Å². The minimum atomic E-state index is -0.203. The van der Waals surface area contributed by atoms with Crippen LogP contribution in [0, 0.1) is 0 Å². The van der Waals surface area contributed by atoms with Gasteiger partial charge in [0.1, 0.15) is 17.5 Å². The van der Waals surface area contributed by atoms with Crippen molar-refractivity contribution < 1.29 is 9.21 Å². The molecule has 0 fully saturated rings. The van der Waals surface area contributed by atoms with Crippen molar-refractivity contribution in [2.45, 2.75) is 19.0 Å². The van der Waals surface area contributed by atoms with Gasteiger partial charge in [0.05, 0.1) is 12.1 Å². The molecule has 22 heavy (non-hydrogen) atoms. The number of pyridine rings is 1. The predicted octanol–water partition coefficient (Wildman–Crippen LogP) is 1.15. The van der Waals surface area contributed by atoms with Crippen LogP contribution in [0.25, 0.3) is 11.5 Å². The fourth-order valence-electron chi connectivity index (χ4n) is 2.83. The van der Waals surface area contributed by atoms with Gasteiger partial charge in [-0.3, -0.25) is 15.1 Å². The molecule has 0 bridgehead atoms. The van der Waals surface area contributed by atoms with Crippen LogP contribution in [0.4, 0.5) is 0 Å². The first-order valence-electron chi connectivity index (χ1n) is 7.39. The SMILES string of the molecule is O=C(C1C=CCN1)N1CCc2oc(-c3cccnc3)nc2C1. The molecule has 0 saturated carbocycles. The molecule has 6 heteroatoms. The number of carbonyl (C=O) groups excluding carboxylic acids is 1. The van der Waals surface area contributed by atoms with Crippen LogP contribution in [0.15, 0.2) is 41.1 Å². The lowest BCUT2D eigenvalue weighted by atomic mass is 10.1. The second-order valence-corrected chi connectivity index (χ2v) is 5.45. The average Bonchev–Trinajstić information content (AvgIpc) is 3.23. The minimum absolute atomic E-state index is 0.102. The number of nitrogens with zero attached hydrogens (tertiary/aromatic N) is 3. The highest BCUT2D eigenvalue weighted by Gasteiger charge is 2.29. The Kier molecular flexibility index (Phi) is 3.23. The maximum atomic E-state index is 12.4. The first kappa shape index (κ1) is 13.2. The van der Waals surface area contributed by atoms with Crippen LogP contribution in [-0.2, 0) is 17.8 Å². The Balaban J connectivity index is 1.55. The molecule has 0 spiro atoms. The highest BCUT2D eigenvalue weighted by Crippen LogP contribution is 2.26. The molecule has 2 aliphatic rings. The summed E-state index contributed by atoms with van der Waals surface area (Å²) in [7, 11) is 0. The van der Waals surface area contributed by atoms with Crippen LogP contribution in [0.3, 0.4) is 0 Å². The van der Waals surface area contributed by atoms with Crippen LogP contribution in [0.5, 0.6) is 0 Å². The van der Waals surface area contributed by atoms with Gasteiger partial charge in [0.2, 0.25) is 11.8 Å². The molecule has 1 unspecified atom stereocenters. The molecular formula is C16H16N4O2. The molecule has 2 aliphatic heterocycles.